The van der Waals surface area contributed by atoms with Gasteiger partial charge in [-0.2, -0.15) is 0 Å². The predicted molar refractivity (Wildman–Crippen MR) is 77.8 cm³/mol. The number of amides is 1. The van der Waals surface area contributed by atoms with E-state index in [1.54, 1.807) is 35.5 Å². The van der Waals surface area contributed by atoms with E-state index in [0.717, 1.165) is 6.42 Å². The summed E-state index contributed by atoms with van der Waals surface area (Å²) < 4.78 is 10.7. The van der Waals surface area contributed by atoms with Gasteiger partial charge >= 0.3 is 6.01 Å². The Kier molecular flexibility index (Phi) is 4.13. The predicted octanol–water partition coefficient (Wildman–Crippen LogP) is 1.17. The van der Waals surface area contributed by atoms with Crippen LogP contribution in [0.2, 0.25) is 0 Å². The second-order valence-electron chi connectivity index (χ2n) is 4.90. The minimum absolute atomic E-state index is 0.0600. The Hall–Kier alpha value is -2.70. The number of likely N-dealkylation sites (tertiary alicyclic amines) is 1. The Morgan fingerprint density at radius 1 is 1.27 bits per heavy atom. The highest BCUT2D eigenvalue weighted by Gasteiger charge is 2.28. The van der Waals surface area contributed by atoms with Crippen molar-refractivity contribution in [3.05, 3.63) is 42.4 Å². The Labute approximate surface area is 127 Å². The lowest BCUT2D eigenvalue weighted by Gasteiger charge is -2.16. The fourth-order valence-corrected chi connectivity index (χ4v) is 2.31. The Morgan fingerprint density at radius 3 is 2.77 bits per heavy atom. The molecule has 0 unspecified atom stereocenters. The highest BCUT2D eigenvalue weighted by Crippen LogP contribution is 2.17. The number of methoxy groups -OCH3 is 1. The Bertz CT molecular complexity index is 633. The van der Waals surface area contributed by atoms with Gasteiger partial charge in [0.1, 0.15) is 6.10 Å². The summed E-state index contributed by atoms with van der Waals surface area (Å²) >= 11 is 0. The summed E-state index contributed by atoms with van der Waals surface area (Å²) in [6, 6.07) is 5.46. The van der Waals surface area contributed by atoms with E-state index in [1.165, 1.54) is 13.3 Å². The zero-order chi connectivity index (χ0) is 15.4. The molecule has 2 aromatic rings. The van der Waals surface area contributed by atoms with Crippen LogP contribution in [0.5, 0.6) is 11.9 Å². The third kappa shape index (κ3) is 3.13. The van der Waals surface area contributed by atoms with Crippen LogP contribution in [0.3, 0.4) is 0 Å². The van der Waals surface area contributed by atoms with Gasteiger partial charge in [-0.25, -0.2) is 15.0 Å². The van der Waals surface area contributed by atoms with Crippen molar-refractivity contribution in [2.45, 2.75) is 12.5 Å². The maximum Gasteiger partial charge on any atom is 0.316 e. The zero-order valence-electron chi connectivity index (χ0n) is 12.2. The number of hydrogen-bond donors (Lipinski definition) is 0. The number of carbonyl (C=O) groups is 1. The molecule has 114 valence electrons. The lowest BCUT2D eigenvalue weighted by Crippen LogP contribution is -2.31. The van der Waals surface area contributed by atoms with Crippen molar-refractivity contribution in [2.75, 3.05) is 20.2 Å². The first kappa shape index (κ1) is 14.2. The van der Waals surface area contributed by atoms with Gasteiger partial charge in [0.2, 0.25) is 5.88 Å². The number of hydrogen-bond acceptors (Lipinski definition) is 6. The topological polar surface area (TPSA) is 77.4 Å². The molecule has 2 aromatic heterocycles. The molecule has 1 amide bonds. The number of pyridine rings is 1. The third-order valence-corrected chi connectivity index (χ3v) is 3.44. The quantitative estimate of drug-likeness (QED) is 0.843. The van der Waals surface area contributed by atoms with E-state index >= 15 is 0 Å². The molecule has 3 heterocycles. The molecule has 3 rings (SSSR count). The fraction of sp³-hybridized carbons (Fsp3) is 0.333. The molecule has 1 aliphatic rings. The smallest absolute Gasteiger partial charge is 0.316 e. The molecule has 1 aliphatic heterocycles. The first-order valence-corrected chi connectivity index (χ1v) is 6.99. The van der Waals surface area contributed by atoms with Gasteiger partial charge < -0.3 is 14.4 Å². The summed E-state index contributed by atoms with van der Waals surface area (Å²) in [5.74, 6) is 0.427. The zero-order valence-corrected chi connectivity index (χ0v) is 12.2. The van der Waals surface area contributed by atoms with Gasteiger partial charge in [0.25, 0.3) is 5.91 Å². The monoisotopic (exact) mass is 300 g/mol. The molecular formula is C15H16N4O3. The van der Waals surface area contributed by atoms with Gasteiger partial charge in [0.15, 0.2) is 0 Å². The van der Waals surface area contributed by atoms with Gasteiger partial charge in [0.05, 0.1) is 19.2 Å². The number of aromatic nitrogens is 3. The van der Waals surface area contributed by atoms with E-state index in [2.05, 4.69) is 15.0 Å². The van der Waals surface area contributed by atoms with E-state index in [-0.39, 0.29) is 12.0 Å². The van der Waals surface area contributed by atoms with E-state index < -0.39 is 0 Å². The summed E-state index contributed by atoms with van der Waals surface area (Å²) in [4.78, 5) is 26.3. The Balaban J connectivity index is 1.60. The van der Waals surface area contributed by atoms with Crippen molar-refractivity contribution in [3.63, 3.8) is 0 Å². The molecule has 0 aromatic carbocycles. The summed E-state index contributed by atoms with van der Waals surface area (Å²) in [6.45, 7) is 1.16. The van der Waals surface area contributed by atoms with Gasteiger partial charge in [-0.05, 0) is 12.1 Å². The van der Waals surface area contributed by atoms with Crippen LogP contribution in [0.25, 0.3) is 0 Å². The lowest BCUT2D eigenvalue weighted by molar-refractivity contribution is 0.0769. The Morgan fingerprint density at radius 2 is 2.09 bits per heavy atom. The average molecular weight is 300 g/mol. The normalized spacial score (nSPS) is 17.3. The van der Waals surface area contributed by atoms with E-state index in [0.29, 0.717) is 30.5 Å². The van der Waals surface area contributed by atoms with Crippen LogP contribution in [0, 0.1) is 0 Å². The number of carbonyl (C=O) groups excluding carboxylic acids is 1. The van der Waals surface area contributed by atoms with Crippen molar-refractivity contribution >= 4 is 5.91 Å². The van der Waals surface area contributed by atoms with Crippen LogP contribution in [-0.2, 0) is 0 Å². The summed E-state index contributed by atoms with van der Waals surface area (Å²) in [5, 5.41) is 0. The number of rotatable bonds is 4. The van der Waals surface area contributed by atoms with Crippen molar-refractivity contribution < 1.29 is 14.3 Å². The van der Waals surface area contributed by atoms with Crippen molar-refractivity contribution in [1.29, 1.82) is 0 Å². The molecule has 7 nitrogen and oxygen atoms in total. The second-order valence-corrected chi connectivity index (χ2v) is 4.90. The molecule has 1 fully saturated rings. The lowest BCUT2D eigenvalue weighted by atomic mass is 10.2. The molecule has 0 saturated carbocycles. The van der Waals surface area contributed by atoms with Crippen molar-refractivity contribution in [1.82, 2.24) is 19.9 Å². The van der Waals surface area contributed by atoms with Gasteiger partial charge in [-0.3, -0.25) is 4.79 Å². The van der Waals surface area contributed by atoms with Crippen LogP contribution in [-0.4, -0.2) is 52.1 Å². The molecule has 1 saturated heterocycles. The highest BCUT2D eigenvalue weighted by molar-refractivity contribution is 5.94. The van der Waals surface area contributed by atoms with Gasteiger partial charge in [0, 0.05) is 37.6 Å². The van der Waals surface area contributed by atoms with E-state index in [4.69, 9.17) is 9.47 Å². The number of nitrogens with zero attached hydrogens (tertiary/aromatic N) is 4. The maximum absolute atomic E-state index is 12.4. The standard InChI is InChI=1S/C15H16N4O3/c1-21-13-4-3-11(9-18-13)14(20)19-8-5-12(10-19)22-15-16-6-2-7-17-15/h2-4,6-7,9,12H,5,8,10H2,1H3/t12-/m0/s1. The van der Waals surface area contributed by atoms with Gasteiger partial charge in [-0.15, -0.1) is 0 Å². The highest BCUT2D eigenvalue weighted by atomic mass is 16.5. The molecule has 22 heavy (non-hydrogen) atoms. The average Bonchev–Trinajstić information content (AvgIpc) is 3.04. The van der Waals surface area contributed by atoms with E-state index in [9.17, 15) is 4.79 Å². The van der Waals surface area contributed by atoms with Crippen LogP contribution >= 0.6 is 0 Å². The van der Waals surface area contributed by atoms with Crippen LogP contribution in [0.1, 0.15) is 16.8 Å². The fourth-order valence-electron chi connectivity index (χ4n) is 2.31. The molecule has 0 radical (unpaired) electrons. The largest absolute Gasteiger partial charge is 0.481 e. The summed E-state index contributed by atoms with van der Waals surface area (Å²) in [7, 11) is 1.54. The summed E-state index contributed by atoms with van der Waals surface area (Å²) in [6.07, 6.45) is 5.45. The van der Waals surface area contributed by atoms with Gasteiger partial charge in [-0.1, -0.05) is 0 Å². The number of ether oxygens (including phenoxy) is 2. The molecule has 0 bridgehead atoms. The minimum atomic E-state index is -0.0856. The first-order chi connectivity index (χ1) is 10.8. The molecule has 0 aliphatic carbocycles. The van der Waals surface area contributed by atoms with Crippen LogP contribution in [0.4, 0.5) is 0 Å². The molecule has 0 spiro atoms. The molecule has 7 heteroatoms. The van der Waals surface area contributed by atoms with Crippen molar-refractivity contribution in [2.24, 2.45) is 0 Å². The summed E-state index contributed by atoms with van der Waals surface area (Å²) in [5.41, 5.74) is 0.539. The minimum Gasteiger partial charge on any atom is -0.481 e. The maximum atomic E-state index is 12.4. The van der Waals surface area contributed by atoms with Crippen molar-refractivity contribution in [3.8, 4) is 11.9 Å². The first-order valence-electron chi connectivity index (χ1n) is 6.99. The SMILES string of the molecule is COc1ccc(C(=O)N2CC[C@H](Oc3ncccn3)C2)cn1. The van der Waals surface area contributed by atoms with Crippen LogP contribution < -0.4 is 9.47 Å². The molecule has 1 atom stereocenters. The third-order valence-electron chi connectivity index (χ3n) is 3.44. The van der Waals surface area contributed by atoms with Crippen LogP contribution in [0.15, 0.2) is 36.8 Å². The molecule has 0 N–H and O–H groups in total. The van der Waals surface area contributed by atoms with E-state index in [1.807, 2.05) is 0 Å². The second kappa shape index (κ2) is 6.38. The molecular weight excluding hydrogens is 284 g/mol.